The van der Waals surface area contributed by atoms with Gasteiger partial charge in [-0.25, -0.2) is 0 Å². The van der Waals surface area contributed by atoms with Crippen LogP contribution in [0.5, 0.6) is 0 Å². The quantitative estimate of drug-likeness (QED) is 0.810. The molecule has 1 aliphatic heterocycles. The van der Waals surface area contributed by atoms with Crippen LogP contribution in [0.4, 0.5) is 0 Å². The molecule has 2 heterocycles. The number of aliphatic hydroxyl groups excluding tert-OH is 1. The van der Waals surface area contributed by atoms with Crippen LogP contribution in [0, 0.1) is 0 Å². The summed E-state index contributed by atoms with van der Waals surface area (Å²) in [5.41, 5.74) is 2.75. The van der Waals surface area contributed by atoms with E-state index in [1.807, 2.05) is 17.5 Å². The molecule has 1 unspecified atom stereocenters. The summed E-state index contributed by atoms with van der Waals surface area (Å²) in [5, 5.41) is 15.1. The first kappa shape index (κ1) is 17.1. The van der Waals surface area contributed by atoms with Crippen LogP contribution < -0.4 is 5.32 Å². The van der Waals surface area contributed by atoms with Gasteiger partial charge < -0.3 is 10.4 Å². The molecule has 1 atom stereocenters. The molecule has 4 nitrogen and oxygen atoms in total. The molecule has 0 spiro atoms. The van der Waals surface area contributed by atoms with E-state index in [-0.39, 0.29) is 5.91 Å². The van der Waals surface area contributed by atoms with Crippen molar-refractivity contribution in [2.24, 2.45) is 0 Å². The third kappa shape index (κ3) is 4.90. The number of β-amino-alcohol motifs (C(OH)–C–C–N with tert-alkyl or cyclic N) is 1. The number of aliphatic hydroxyl groups is 1. The highest BCUT2D eigenvalue weighted by molar-refractivity contribution is 7.09. The molecular formula is C19H24N2O2S. The maximum Gasteiger partial charge on any atom is 0.220 e. The Balaban J connectivity index is 1.37. The molecule has 24 heavy (non-hydrogen) atoms. The van der Waals surface area contributed by atoms with Crippen molar-refractivity contribution in [3.8, 4) is 0 Å². The molecule has 1 aromatic carbocycles. The molecular weight excluding hydrogens is 320 g/mol. The van der Waals surface area contributed by atoms with E-state index in [1.165, 1.54) is 16.0 Å². The number of rotatable bonds is 7. The van der Waals surface area contributed by atoms with Crippen molar-refractivity contribution in [3.05, 3.63) is 57.8 Å². The van der Waals surface area contributed by atoms with Crippen molar-refractivity contribution >= 4 is 17.2 Å². The van der Waals surface area contributed by atoms with Gasteiger partial charge in [-0.05, 0) is 35.4 Å². The van der Waals surface area contributed by atoms with Crippen LogP contribution in [0.1, 0.15) is 22.4 Å². The van der Waals surface area contributed by atoms with Gasteiger partial charge in [-0.1, -0.05) is 30.3 Å². The minimum Gasteiger partial charge on any atom is -0.390 e. The number of hydrogen-bond donors (Lipinski definition) is 2. The van der Waals surface area contributed by atoms with E-state index in [1.54, 1.807) is 11.3 Å². The first-order valence-corrected chi connectivity index (χ1v) is 9.35. The molecule has 0 saturated heterocycles. The van der Waals surface area contributed by atoms with Crippen LogP contribution in [-0.2, 0) is 24.2 Å². The monoisotopic (exact) mass is 344 g/mol. The second kappa shape index (κ2) is 8.42. The van der Waals surface area contributed by atoms with Crippen LogP contribution in [0.3, 0.4) is 0 Å². The molecule has 2 N–H and O–H groups in total. The van der Waals surface area contributed by atoms with Gasteiger partial charge in [0.05, 0.1) is 6.10 Å². The SMILES string of the molecule is O=C(CCc1cccs1)NCC(O)CN1CCc2ccccc2C1. The second-order valence-corrected chi connectivity index (χ2v) is 7.32. The van der Waals surface area contributed by atoms with Gasteiger partial charge in [-0.2, -0.15) is 0 Å². The topological polar surface area (TPSA) is 52.6 Å². The van der Waals surface area contributed by atoms with E-state index >= 15 is 0 Å². The summed E-state index contributed by atoms with van der Waals surface area (Å²) in [4.78, 5) is 15.3. The molecule has 1 amide bonds. The van der Waals surface area contributed by atoms with E-state index in [4.69, 9.17) is 0 Å². The maximum absolute atomic E-state index is 11.9. The fourth-order valence-electron chi connectivity index (χ4n) is 3.08. The van der Waals surface area contributed by atoms with Crippen molar-refractivity contribution < 1.29 is 9.90 Å². The fraction of sp³-hybridized carbons (Fsp3) is 0.421. The summed E-state index contributed by atoms with van der Waals surface area (Å²) in [7, 11) is 0. The van der Waals surface area contributed by atoms with E-state index in [0.717, 1.165) is 25.9 Å². The lowest BCUT2D eigenvalue weighted by atomic mass is 10.00. The number of thiophene rings is 1. The first-order chi connectivity index (χ1) is 11.7. The zero-order chi connectivity index (χ0) is 16.8. The van der Waals surface area contributed by atoms with E-state index in [0.29, 0.717) is 19.5 Å². The fourth-order valence-corrected chi connectivity index (χ4v) is 3.79. The lowest BCUT2D eigenvalue weighted by Gasteiger charge is -2.30. The second-order valence-electron chi connectivity index (χ2n) is 6.29. The lowest BCUT2D eigenvalue weighted by molar-refractivity contribution is -0.121. The van der Waals surface area contributed by atoms with Crippen LogP contribution in [0.25, 0.3) is 0 Å². The number of nitrogens with zero attached hydrogens (tertiary/aromatic N) is 1. The highest BCUT2D eigenvalue weighted by Gasteiger charge is 2.18. The Labute approximate surface area is 147 Å². The molecule has 5 heteroatoms. The van der Waals surface area contributed by atoms with Gasteiger partial charge in [0.25, 0.3) is 0 Å². The summed E-state index contributed by atoms with van der Waals surface area (Å²) >= 11 is 1.67. The Hall–Kier alpha value is -1.69. The van der Waals surface area contributed by atoms with Gasteiger partial charge >= 0.3 is 0 Å². The molecule has 1 aromatic heterocycles. The lowest BCUT2D eigenvalue weighted by Crippen LogP contribution is -2.42. The van der Waals surface area contributed by atoms with Gasteiger partial charge in [0, 0.05) is 37.5 Å². The Morgan fingerprint density at radius 2 is 2.08 bits per heavy atom. The van der Waals surface area contributed by atoms with E-state index in [9.17, 15) is 9.90 Å². The molecule has 0 bridgehead atoms. The van der Waals surface area contributed by atoms with Crippen LogP contribution in [0.2, 0.25) is 0 Å². The van der Waals surface area contributed by atoms with E-state index in [2.05, 4.69) is 34.5 Å². The number of carbonyl (C=O) groups excluding carboxylic acids is 1. The smallest absolute Gasteiger partial charge is 0.220 e. The van der Waals surface area contributed by atoms with Gasteiger partial charge in [-0.15, -0.1) is 11.3 Å². The predicted octanol–water partition coefficient (Wildman–Crippen LogP) is 2.22. The molecule has 128 valence electrons. The van der Waals surface area contributed by atoms with Gasteiger partial charge in [0.15, 0.2) is 0 Å². The summed E-state index contributed by atoms with van der Waals surface area (Å²) in [5.74, 6) is 0.00596. The van der Waals surface area contributed by atoms with Crippen molar-refractivity contribution in [2.75, 3.05) is 19.6 Å². The Bertz CT molecular complexity index is 657. The predicted molar refractivity (Wildman–Crippen MR) is 97.1 cm³/mol. The Kier molecular flexibility index (Phi) is 6.01. The summed E-state index contributed by atoms with van der Waals surface area (Å²) < 4.78 is 0. The summed E-state index contributed by atoms with van der Waals surface area (Å²) in [6.45, 7) is 2.75. The highest BCUT2D eigenvalue weighted by Crippen LogP contribution is 2.18. The van der Waals surface area contributed by atoms with Crippen LogP contribution in [0.15, 0.2) is 41.8 Å². The molecule has 3 rings (SSSR count). The van der Waals surface area contributed by atoms with Crippen molar-refractivity contribution in [3.63, 3.8) is 0 Å². The van der Waals surface area contributed by atoms with Gasteiger partial charge in [-0.3, -0.25) is 9.69 Å². The zero-order valence-corrected chi connectivity index (χ0v) is 14.6. The summed E-state index contributed by atoms with van der Waals surface area (Å²) in [6.07, 6.45) is 1.74. The summed E-state index contributed by atoms with van der Waals surface area (Å²) in [6, 6.07) is 12.5. The molecule has 0 radical (unpaired) electrons. The molecule has 0 saturated carbocycles. The number of aryl methyl sites for hydroxylation is 1. The van der Waals surface area contributed by atoms with Gasteiger partial charge in [0.2, 0.25) is 5.91 Å². The van der Waals surface area contributed by atoms with Crippen molar-refractivity contribution in [2.45, 2.75) is 31.9 Å². The van der Waals surface area contributed by atoms with Crippen LogP contribution >= 0.6 is 11.3 Å². The number of hydrogen-bond acceptors (Lipinski definition) is 4. The standard InChI is InChI=1S/C19H24N2O2S/c22-17(12-20-19(23)8-7-18-6-3-11-24-18)14-21-10-9-15-4-1-2-5-16(15)13-21/h1-6,11,17,22H,7-10,12-14H2,(H,20,23). The largest absolute Gasteiger partial charge is 0.390 e. The van der Waals surface area contributed by atoms with Gasteiger partial charge in [0.1, 0.15) is 0 Å². The first-order valence-electron chi connectivity index (χ1n) is 8.47. The minimum absolute atomic E-state index is 0.00596. The third-order valence-corrected chi connectivity index (χ3v) is 5.33. The average molecular weight is 344 g/mol. The van der Waals surface area contributed by atoms with Crippen LogP contribution in [-0.4, -0.2) is 41.7 Å². The van der Waals surface area contributed by atoms with Crippen molar-refractivity contribution in [1.29, 1.82) is 0 Å². The molecule has 1 aliphatic rings. The number of benzene rings is 1. The normalized spacial score (nSPS) is 15.7. The number of carbonyl (C=O) groups is 1. The van der Waals surface area contributed by atoms with E-state index < -0.39 is 6.10 Å². The molecule has 2 aromatic rings. The van der Waals surface area contributed by atoms with Crippen molar-refractivity contribution in [1.82, 2.24) is 10.2 Å². The Morgan fingerprint density at radius 1 is 1.25 bits per heavy atom. The number of fused-ring (bicyclic) bond motifs is 1. The minimum atomic E-state index is -0.527. The molecule has 0 fully saturated rings. The molecule has 0 aliphatic carbocycles. The zero-order valence-electron chi connectivity index (χ0n) is 13.8. The Morgan fingerprint density at radius 3 is 2.88 bits per heavy atom. The average Bonchev–Trinajstić information content (AvgIpc) is 3.11. The third-order valence-electron chi connectivity index (χ3n) is 4.39. The highest BCUT2D eigenvalue weighted by atomic mass is 32.1. The number of amides is 1. The maximum atomic E-state index is 11.9. The number of nitrogens with one attached hydrogen (secondary N) is 1.